The molecule has 1 aromatic heterocycles. The van der Waals surface area contributed by atoms with E-state index in [9.17, 15) is 8.42 Å². The highest BCUT2D eigenvalue weighted by molar-refractivity contribution is 7.89. The molecule has 0 spiro atoms. The minimum atomic E-state index is -3.15. The molecule has 0 unspecified atom stereocenters. The number of aromatic nitrogens is 1. The third-order valence-electron chi connectivity index (χ3n) is 2.85. The molecule has 0 aromatic carbocycles. The summed E-state index contributed by atoms with van der Waals surface area (Å²) in [5, 5.41) is 3.27. The van der Waals surface area contributed by atoms with Gasteiger partial charge >= 0.3 is 0 Å². The second-order valence-electron chi connectivity index (χ2n) is 5.14. The van der Waals surface area contributed by atoms with Crippen molar-refractivity contribution in [3.63, 3.8) is 0 Å². The van der Waals surface area contributed by atoms with Crippen LogP contribution in [0.4, 0.5) is 0 Å². The van der Waals surface area contributed by atoms with Crippen LogP contribution in [0.2, 0.25) is 0 Å². The van der Waals surface area contributed by atoms with Crippen molar-refractivity contribution < 1.29 is 8.42 Å². The van der Waals surface area contributed by atoms with Gasteiger partial charge in [-0.1, -0.05) is 19.9 Å². The number of hydrogen-bond donors (Lipinski definition) is 2. The summed E-state index contributed by atoms with van der Waals surface area (Å²) in [4.78, 5) is 4.00. The van der Waals surface area contributed by atoms with E-state index < -0.39 is 10.0 Å². The molecule has 0 radical (unpaired) electrons. The zero-order valence-electron chi connectivity index (χ0n) is 12.3. The van der Waals surface area contributed by atoms with E-state index in [4.69, 9.17) is 0 Å². The van der Waals surface area contributed by atoms with Crippen LogP contribution in [0.5, 0.6) is 0 Å². The normalized spacial score (nSPS) is 11.9. The minimum Gasteiger partial charge on any atom is -0.315 e. The molecule has 0 bridgehead atoms. The maximum atomic E-state index is 11.8. The average Bonchev–Trinajstić information content (AvgIpc) is 2.39. The predicted octanol–water partition coefficient (Wildman–Crippen LogP) is 1.32. The summed E-state index contributed by atoms with van der Waals surface area (Å²) >= 11 is 0. The van der Waals surface area contributed by atoms with Gasteiger partial charge in [0.15, 0.2) is 0 Å². The van der Waals surface area contributed by atoms with Gasteiger partial charge in [0.2, 0.25) is 10.0 Å². The summed E-state index contributed by atoms with van der Waals surface area (Å²) in [6, 6.07) is 4.24. The Morgan fingerprint density at radius 1 is 1.25 bits per heavy atom. The molecule has 0 amide bonds. The fraction of sp³-hybridized carbons (Fsp3) is 0.643. The van der Waals surface area contributed by atoms with Crippen LogP contribution in [-0.4, -0.2) is 38.3 Å². The summed E-state index contributed by atoms with van der Waals surface area (Å²) in [6.07, 6.45) is 5.69. The van der Waals surface area contributed by atoms with Crippen molar-refractivity contribution in [2.75, 3.05) is 18.8 Å². The van der Waals surface area contributed by atoms with E-state index in [1.807, 2.05) is 12.1 Å². The van der Waals surface area contributed by atoms with Gasteiger partial charge in [0.05, 0.1) is 5.75 Å². The molecule has 1 heterocycles. The standard InChI is InChI=1S/C14H25N3O2S/c1-13(2)16-9-3-4-11-20(18,19)17-10-7-14-6-5-8-15-12-14/h5-6,8,12-13,16-17H,3-4,7,9-11H2,1-2H3. The number of pyridine rings is 1. The average molecular weight is 299 g/mol. The molecule has 114 valence electrons. The van der Waals surface area contributed by atoms with Gasteiger partial charge in [-0.25, -0.2) is 13.1 Å². The van der Waals surface area contributed by atoms with Crippen molar-refractivity contribution in [2.24, 2.45) is 0 Å². The molecule has 0 aliphatic rings. The summed E-state index contributed by atoms with van der Waals surface area (Å²) in [5.74, 6) is 0.194. The first kappa shape index (κ1) is 17.1. The van der Waals surface area contributed by atoms with Crippen molar-refractivity contribution in [3.05, 3.63) is 30.1 Å². The fourth-order valence-corrected chi connectivity index (χ4v) is 2.92. The Hall–Kier alpha value is -0.980. The highest BCUT2D eigenvalue weighted by atomic mass is 32.2. The lowest BCUT2D eigenvalue weighted by molar-refractivity contribution is 0.555. The number of rotatable bonds is 10. The first-order valence-corrected chi connectivity index (χ1v) is 8.74. The summed E-state index contributed by atoms with van der Waals surface area (Å²) < 4.78 is 26.2. The Kier molecular flexibility index (Phi) is 7.72. The SMILES string of the molecule is CC(C)NCCCCS(=O)(=O)NCCc1cccnc1. The molecule has 0 fully saturated rings. The van der Waals surface area contributed by atoms with Crippen LogP contribution in [0.25, 0.3) is 0 Å². The first-order chi connectivity index (χ1) is 9.49. The second-order valence-corrected chi connectivity index (χ2v) is 7.07. The van der Waals surface area contributed by atoms with E-state index in [0.717, 1.165) is 18.5 Å². The van der Waals surface area contributed by atoms with Crippen molar-refractivity contribution in [2.45, 2.75) is 39.2 Å². The Morgan fingerprint density at radius 3 is 2.70 bits per heavy atom. The van der Waals surface area contributed by atoms with Gasteiger partial charge in [-0.05, 0) is 37.4 Å². The molecule has 2 N–H and O–H groups in total. The van der Waals surface area contributed by atoms with Crippen molar-refractivity contribution in [3.8, 4) is 0 Å². The van der Waals surface area contributed by atoms with Gasteiger partial charge in [-0.15, -0.1) is 0 Å². The fourth-order valence-electron chi connectivity index (χ4n) is 1.78. The van der Waals surface area contributed by atoms with Crippen LogP contribution < -0.4 is 10.0 Å². The van der Waals surface area contributed by atoms with Gasteiger partial charge in [0.1, 0.15) is 0 Å². The van der Waals surface area contributed by atoms with Crippen LogP contribution in [0.3, 0.4) is 0 Å². The lowest BCUT2D eigenvalue weighted by Gasteiger charge is -2.09. The highest BCUT2D eigenvalue weighted by Gasteiger charge is 2.08. The molecule has 5 nitrogen and oxygen atoms in total. The number of sulfonamides is 1. The lowest BCUT2D eigenvalue weighted by Crippen LogP contribution is -2.29. The zero-order valence-corrected chi connectivity index (χ0v) is 13.1. The van der Waals surface area contributed by atoms with E-state index in [-0.39, 0.29) is 5.75 Å². The third-order valence-corrected chi connectivity index (χ3v) is 4.32. The van der Waals surface area contributed by atoms with E-state index in [1.165, 1.54) is 0 Å². The number of nitrogens with one attached hydrogen (secondary N) is 2. The Balaban J connectivity index is 2.15. The van der Waals surface area contributed by atoms with Crippen molar-refractivity contribution in [1.29, 1.82) is 0 Å². The van der Waals surface area contributed by atoms with Crippen molar-refractivity contribution >= 4 is 10.0 Å². The van der Waals surface area contributed by atoms with E-state index in [1.54, 1.807) is 12.4 Å². The molecular weight excluding hydrogens is 274 g/mol. The quantitative estimate of drug-likeness (QED) is 0.639. The molecule has 1 rings (SSSR count). The molecule has 1 aromatic rings. The van der Waals surface area contributed by atoms with E-state index >= 15 is 0 Å². The number of unbranched alkanes of at least 4 members (excludes halogenated alkanes) is 1. The first-order valence-electron chi connectivity index (χ1n) is 7.09. The van der Waals surface area contributed by atoms with Crippen LogP contribution in [0, 0.1) is 0 Å². The monoisotopic (exact) mass is 299 g/mol. The molecule has 0 aliphatic carbocycles. The molecule has 0 atom stereocenters. The highest BCUT2D eigenvalue weighted by Crippen LogP contribution is 1.98. The van der Waals surface area contributed by atoms with Gasteiger partial charge in [-0.3, -0.25) is 4.98 Å². The minimum absolute atomic E-state index is 0.194. The number of hydrogen-bond acceptors (Lipinski definition) is 4. The largest absolute Gasteiger partial charge is 0.315 e. The summed E-state index contributed by atoms with van der Waals surface area (Å²) in [7, 11) is -3.15. The Labute approximate surface area is 122 Å². The topological polar surface area (TPSA) is 71.1 Å². The summed E-state index contributed by atoms with van der Waals surface area (Å²) in [6.45, 7) is 5.45. The zero-order chi connectivity index (χ0) is 14.8. The molecule has 0 aliphatic heterocycles. The molecule has 0 saturated carbocycles. The maximum Gasteiger partial charge on any atom is 0.211 e. The smallest absolute Gasteiger partial charge is 0.211 e. The van der Waals surface area contributed by atoms with Gasteiger partial charge in [-0.2, -0.15) is 0 Å². The van der Waals surface area contributed by atoms with Gasteiger partial charge in [0, 0.05) is 25.0 Å². The molecular formula is C14H25N3O2S. The number of nitrogens with zero attached hydrogens (tertiary/aromatic N) is 1. The van der Waals surface area contributed by atoms with Crippen LogP contribution >= 0.6 is 0 Å². The molecule has 20 heavy (non-hydrogen) atoms. The van der Waals surface area contributed by atoms with E-state index in [0.29, 0.717) is 25.4 Å². The summed E-state index contributed by atoms with van der Waals surface area (Å²) in [5.41, 5.74) is 1.04. The van der Waals surface area contributed by atoms with E-state index in [2.05, 4.69) is 28.9 Å². The van der Waals surface area contributed by atoms with Crippen LogP contribution in [-0.2, 0) is 16.4 Å². The van der Waals surface area contributed by atoms with Crippen LogP contribution in [0.15, 0.2) is 24.5 Å². The van der Waals surface area contributed by atoms with Gasteiger partial charge in [0.25, 0.3) is 0 Å². The molecule has 0 saturated heterocycles. The Morgan fingerprint density at radius 2 is 2.05 bits per heavy atom. The third kappa shape index (κ3) is 8.24. The molecule has 6 heteroatoms. The van der Waals surface area contributed by atoms with Crippen molar-refractivity contribution in [1.82, 2.24) is 15.0 Å². The van der Waals surface area contributed by atoms with Crippen LogP contribution in [0.1, 0.15) is 32.3 Å². The Bertz CT molecular complexity index is 461. The maximum absolute atomic E-state index is 11.8. The predicted molar refractivity (Wildman–Crippen MR) is 82.1 cm³/mol. The van der Waals surface area contributed by atoms with Gasteiger partial charge < -0.3 is 5.32 Å². The second kappa shape index (κ2) is 9.05. The lowest BCUT2D eigenvalue weighted by atomic mass is 10.2.